The minimum absolute atomic E-state index is 0. The van der Waals surface area contributed by atoms with Gasteiger partial charge in [-0.05, 0) is 13.8 Å². The van der Waals surface area contributed by atoms with Crippen LogP contribution in [-0.4, -0.2) is 39.2 Å². The van der Waals surface area contributed by atoms with Gasteiger partial charge in [0.2, 0.25) is 0 Å². The van der Waals surface area contributed by atoms with E-state index in [4.69, 9.17) is 10.2 Å². The molecule has 0 amide bonds. The molecular weight excluding hydrogens is 239 g/mol. The Morgan fingerprint density at radius 1 is 0.923 bits per heavy atom. The Kier molecular flexibility index (Phi) is 12.4. The maximum atomic E-state index is 9.60. The number of rotatable bonds is 2. The zero-order valence-electron chi connectivity index (χ0n) is 7.63. The van der Waals surface area contributed by atoms with Crippen LogP contribution in [0.4, 0.5) is 0 Å². The van der Waals surface area contributed by atoms with Crippen LogP contribution in [0.1, 0.15) is 13.8 Å². The molecule has 0 heterocycles. The van der Waals surface area contributed by atoms with E-state index in [1.807, 2.05) is 0 Å². The second kappa shape index (κ2) is 9.03. The van der Waals surface area contributed by atoms with Crippen LogP contribution in [0.2, 0.25) is 0 Å². The Labute approximate surface area is 87.4 Å². The molecule has 4 nitrogen and oxygen atoms in total. The molecule has 0 rings (SSSR count). The molecule has 2 N–H and O–H groups in total. The van der Waals surface area contributed by atoms with Gasteiger partial charge in [-0.3, -0.25) is 0 Å². The van der Waals surface area contributed by atoms with E-state index in [0.717, 1.165) is 0 Å². The average Bonchev–Trinajstić information content (AvgIpc) is 1.88. The van der Waals surface area contributed by atoms with Crippen LogP contribution < -0.4 is 0 Å². The van der Waals surface area contributed by atoms with E-state index in [0.29, 0.717) is 0 Å². The zero-order valence-corrected chi connectivity index (χ0v) is 9.72. The molecule has 0 fully saturated rings. The van der Waals surface area contributed by atoms with Gasteiger partial charge in [0.1, 0.15) is 0 Å². The number of hydrogen-bond acceptors (Lipinski definition) is 2. The van der Waals surface area contributed by atoms with Crippen LogP contribution in [0.15, 0.2) is 24.3 Å². The summed E-state index contributed by atoms with van der Waals surface area (Å²) in [4.78, 5) is 19.2. The van der Waals surface area contributed by atoms with Crippen LogP contribution in [0.5, 0.6) is 0 Å². The second-order valence-corrected chi connectivity index (χ2v) is 2.17. The van der Waals surface area contributed by atoms with Gasteiger partial charge in [-0.1, -0.05) is 13.2 Å². The summed E-state index contributed by atoms with van der Waals surface area (Å²) in [5.41, 5.74) is 0.352. The van der Waals surface area contributed by atoms with E-state index >= 15 is 0 Å². The molecule has 0 atom stereocenters. The summed E-state index contributed by atoms with van der Waals surface area (Å²) < 4.78 is 0. The molecule has 0 unspecified atom stereocenters. The molecule has 76 valence electrons. The molecule has 13 heavy (non-hydrogen) atoms. The first-order valence-electron chi connectivity index (χ1n) is 3.06. The van der Waals surface area contributed by atoms with E-state index in [1.54, 1.807) is 0 Å². The molecule has 0 aliphatic rings. The van der Waals surface area contributed by atoms with E-state index in [1.165, 1.54) is 13.8 Å². The fourth-order valence-corrected chi connectivity index (χ4v) is 0. The topological polar surface area (TPSA) is 74.6 Å². The monoisotopic (exact) mass is 254 g/mol. The Morgan fingerprint density at radius 3 is 1.00 bits per heavy atom. The average molecular weight is 253 g/mol. The van der Waals surface area contributed by atoms with E-state index in [-0.39, 0.29) is 28.2 Å². The molecule has 0 aromatic rings. The standard InChI is InChI=1S/2C4H6O2.H2Se/c2*1-3(2)4(5)6;/h2*1H2,2H3,(H,5,6);1H2. The summed E-state index contributed by atoms with van der Waals surface area (Å²) in [6, 6.07) is 0. The van der Waals surface area contributed by atoms with Crippen molar-refractivity contribution < 1.29 is 19.8 Å². The molecule has 0 spiro atoms. The molecule has 0 bridgehead atoms. The van der Waals surface area contributed by atoms with Gasteiger partial charge < -0.3 is 10.2 Å². The van der Waals surface area contributed by atoms with Crippen molar-refractivity contribution in [3.63, 3.8) is 0 Å². The summed E-state index contributed by atoms with van der Waals surface area (Å²) in [6.07, 6.45) is 0. The number of carboxylic acid groups (broad SMARTS) is 2. The van der Waals surface area contributed by atoms with Crippen molar-refractivity contribution in [3.8, 4) is 0 Å². The predicted molar refractivity (Wildman–Crippen MR) is 53.4 cm³/mol. The molecule has 5 heteroatoms. The quantitative estimate of drug-likeness (QED) is 0.551. The summed E-state index contributed by atoms with van der Waals surface area (Å²) in [7, 11) is 0. The second-order valence-electron chi connectivity index (χ2n) is 2.17. The Hall–Kier alpha value is -1.06. The zero-order chi connectivity index (χ0) is 10.3. The SMILES string of the molecule is C=C(C)C(=O)O.C=C(C)C(=O)O.[SeH2]. The Morgan fingerprint density at radius 2 is 1.00 bits per heavy atom. The minimum atomic E-state index is -0.935. The van der Waals surface area contributed by atoms with Gasteiger partial charge in [0.25, 0.3) is 0 Å². The van der Waals surface area contributed by atoms with Crippen molar-refractivity contribution in [2.45, 2.75) is 13.8 Å². The molecular formula is C8H14O4Se. The predicted octanol–water partition coefficient (Wildman–Crippen LogP) is 0.378. The third kappa shape index (κ3) is 18.2. The summed E-state index contributed by atoms with van der Waals surface area (Å²) in [6.45, 7) is 9.20. The van der Waals surface area contributed by atoms with Crippen LogP contribution >= 0.6 is 0 Å². The molecule has 0 saturated heterocycles. The van der Waals surface area contributed by atoms with Gasteiger partial charge in [0, 0.05) is 11.1 Å². The number of carbonyl (C=O) groups is 2. The van der Waals surface area contributed by atoms with Gasteiger partial charge >= 0.3 is 29.0 Å². The summed E-state index contributed by atoms with van der Waals surface area (Å²) in [5, 5.41) is 15.8. The molecule has 0 aromatic carbocycles. The fraction of sp³-hybridized carbons (Fsp3) is 0.250. The van der Waals surface area contributed by atoms with Crippen LogP contribution in [0, 0.1) is 0 Å². The van der Waals surface area contributed by atoms with Crippen molar-refractivity contribution in [2.24, 2.45) is 0 Å². The molecule has 0 aliphatic carbocycles. The first-order chi connectivity index (χ1) is 5.29. The normalized spacial score (nSPS) is 6.92. The van der Waals surface area contributed by atoms with Crippen molar-refractivity contribution in [2.75, 3.05) is 0 Å². The Bertz CT molecular complexity index is 172. The molecule has 0 saturated carbocycles. The molecule has 0 aliphatic heterocycles. The Balaban J connectivity index is -0.000000143. The van der Waals surface area contributed by atoms with Crippen LogP contribution in [0.3, 0.4) is 0 Å². The van der Waals surface area contributed by atoms with Gasteiger partial charge in [0.05, 0.1) is 0 Å². The third-order valence-electron chi connectivity index (χ3n) is 0.730. The van der Waals surface area contributed by atoms with Gasteiger partial charge in [0.15, 0.2) is 0 Å². The third-order valence-corrected chi connectivity index (χ3v) is 0.730. The summed E-state index contributed by atoms with van der Waals surface area (Å²) in [5.74, 6) is -1.87. The first kappa shape index (κ1) is 17.9. The van der Waals surface area contributed by atoms with E-state index in [2.05, 4.69) is 13.2 Å². The van der Waals surface area contributed by atoms with Gasteiger partial charge in [-0.15, -0.1) is 0 Å². The van der Waals surface area contributed by atoms with Crippen molar-refractivity contribution in [1.82, 2.24) is 0 Å². The maximum absolute atomic E-state index is 9.60. The number of carboxylic acids is 2. The number of aliphatic carboxylic acids is 2. The fourth-order valence-electron chi connectivity index (χ4n) is 0. The van der Waals surface area contributed by atoms with Crippen LogP contribution in [0.25, 0.3) is 0 Å². The van der Waals surface area contributed by atoms with Gasteiger partial charge in [-0.2, -0.15) is 0 Å². The first-order valence-corrected chi connectivity index (χ1v) is 3.06. The van der Waals surface area contributed by atoms with Crippen molar-refractivity contribution in [3.05, 3.63) is 24.3 Å². The number of hydrogen-bond donors (Lipinski definition) is 2. The van der Waals surface area contributed by atoms with Crippen LogP contribution in [-0.2, 0) is 9.59 Å². The molecule has 0 radical (unpaired) electrons. The molecule has 0 aromatic heterocycles. The van der Waals surface area contributed by atoms with E-state index in [9.17, 15) is 9.59 Å². The van der Waals surface area contributed by atoms with Crippen molar-refractivity contribution >= 4 is 29.0 Å². The van der Waals surface area contributed by atoms with Gasteiger partial charge in [-0.25, -0.2) is 9.59 Å². The summed E-state index contributed by atoms with van der Waals surface area (Å²) >= 11 is 0. The van der Waals surface area contributed by atoms with Crippen molar-refractivity contribution in [1.29, 1.82) is 0 Å². The van der Waals surface area contributed by atoms with E-state index < -0.39 is 11.9 Å².